The minimum absolute atomic E-state index is 0.548. The molecule has 0 saturated carbocycles. The second kappa shape index (κ2) is 5.74. The minimum atomic E-state index is 0.548. The van der Waals surface area contributed by atoms with Crippen molar-refractivity contribution >= 4 is 11.5 Å². The van der Waals surface area contributed by atoms with Gasteiger partial charge in [0, 0.05) is 30.1 Å². The van der Waals surface area contributed by atoms with Crippen molar-refractivity contribution in [3.05, 3.63) is 42.1 Å². The third kappa shape index (κ3) is 3.13. The summed E-state index contributed by atoms with van der Waals surface area (Å²) in [7, 11) is 3.18. The maximum atomic E-state index is 8.85. The Balaban J connectivity index is 2.29. The standard InChI is InChI=1S/C14H13N3O2/c1-18-12-6-11(7-13(8-12)19-2)17-14-5-10(9-15)3-4-16-14/h3-8H,1-2H3,(H,16,17). The highest BCUT2D eigenvalue weighted by atomic mass is 16.5. The molecule has 0 aliphatic heterocycles. The highest BCUT2D eigenvalue weighted by Crippen LogP contribution is 2.27. The SMILES string of the molecule is COc1cc(Nc2cc(C#N)ccn2)cc(OC)c1. The van der Waals surface area contributed by atoms with E-state index in [1.807, 2.05) is 12.1 Å². The number of hydrogen-bond donors (Lipinski definition) is 1. The number of aromatic nitrogens is 1. The largest absolute Gasteiger partial charge is 0.497 e. The molecule has 0 unspecified atom stereocenters. The van der Waals surface area contributed by atoms with Crippen LogP contribution in [0.3, 0.4) is 0 Å². The lowest BCUT2D eigenvalue weighted by Crippen LogP contribution is -1.96. The molecule has 0 atom stereocenters. The molecule has 0 bridgehead atoms. The van der Waals surface area contributed by atoms with E-state index in [-0.39, 0.29) is 0 Å². The van der Waals surface area contributed by atoms with E-state index in [1.54, 1.807) is 38.6 Å². The van der Waals surface area contributed by atoms with Crippen molar-refractivity contribution in [3.63, 3.8) is 0 Å². The Morgan fingerprint density at radius 3 is 2.37 bits per heavy atom. The molecule has 0 saturated heterocycles. The van der Waals surface area contributed by atoms with Crippen LogP contribution in [-0.2, 0) is 0 Å². The van der Waals surface area contributed by atoms with Crippen LogP contribution in [-0.4, -0.2) is 19.2 Å². The molecule has 0 aliphatic rings. The maximum Gasteiger partial charge on any atom is 0.131 e. The van der Waals surface area contributed by atoms with Gasteiger partial charge in [-0.15, -0.1) is 0 Å². The molecule has 1 aromatic heterocycles. The van der Waals surface area contributed by atoms with Gasteiger partial charge in [0.2, 0.25) is 0 Å². The predicted octanol–water partition coefficient (Wildman–Crippen LogP) is 2.71. The summed E-state index contributed by atoms with van der Waals surface area (Å²) in [6, 6.07) is 10.8. The van der Waals surface area contributed by atoms with Crippen LogP contribution in [0.25, 0.3) is 0 Å². The minimum Gasteiger partial charge on any atom is -0.497 e. The average molecular weight is 255 g/mol. The normalized spacial score (nSPS) is 9.53. The summed E-state index contributed by atoms with van der Waals surface area (Å²) in [5.74, 6) is 1.95. The molecule has 5 nitrogen and oxygen atoms in total. The monoisotopic (exact) mass is 255 g/mol. The van der Waals surface area contributed by atoms with Crippen LogP contribution in [0, 0.1) is 11.3 Å². The fraction of sp³-hybridized carbons (Fsp3) is 0.143. The number of methoxy groups -OCH3 is 2. The molecule has 0 spiro atoms. The summed E-state index contributed by atoms with van der Waals surface area (Å²) in [6.45, 7) is 0. The molecule has 1 heterocycles. The fourth-order valence-corrected chi connectivity index (χ4v) is 1.60. The zero-order valence-electron chi connectivity index (χ0n) is 10.7. The summed E-state index contributed by atoms with van der Waals surface area (Å²) in [4.78, 5) is 4.15. The first-order valence-electron chi connectivity index (χ1n) is 5.61. The predicted molar refractivity (Wildman–Crippen MR) is 71.8 cm³/mol. The quantitative estimate of drug-likeness (QED) is 0.909. The molecule has 2 rings (SSSR count). The van der Waals surface area contributed by atoms with Gasteiger partial charge in [0.15, 0.2) is 0 Å². The van der Waals surface area contributed by atoms with E-state index in [0.717, 1.165) is 5.69 Å². The van der Waals surface area contributed by atoms with Gasteiger partial charge >= 0.3 is 0 Å². The lowest BCUT2D eigenvalue weighted by Gasteiger charge is -2.10. The average Bonchev–Trinajstić information content (AvgIpc) is 2.47. The molecular formula is C14H13N3O2. The topological polar surface area (TPSA) is 67.2 Å². The molecule has 0 aliphatic carbocycles. The third-order valence-corrected chi connectivity index (χ3v) is 2.51. The van der Waals surface area contributed by atoms with Gasteiger partial charge in [-0.25, -0.2) is 4.98 Å². The summed E-state index contributed by atoms with van der Waals surface area (Å²) in [5, 5.41) is 12.0. The van der Waals surface area contributed by atoms with Gasteiger partial charge in [-0.05, 0) is 12.1 Å². The van der Waals surface area contributed by atoms with Gasteiger partial charge in [0.25, 0.3) is 0 Å². The summed E-state index contributed by atoms with van der Waals surface area (Å²) in [6.07, 6.45) is 1.58. The van der Waals surface area contributed by atoms with E-state index in [9.17, 15) is 0 Å². The zero-order chi connectivity index (χ0) is 13.7. The van der Waals surface area contributed by atoms with Crippen molar-refractivity contribution in [1.29, 1.82) is 5.26 Å². The Hall–Kier alpha value is -2.74. The Labute approximate surface area is 111 Å². The molecule has 0 radical (unpaired) electrons. The van der Waals surface area contributed by atoms with Crippen LogP contribution in [0.1, 0.15) is 5.56 Å². The van der Waals surface area contributed by atoms with Gasteiger partial charge in [-0.1, -0.05) is 0 Å². The Kier molecular flexibility index (Phi) is 3.84. The van der Waals surface area contributed by atoms with Crippen LogP contribution in [0.5, 0.6) is 11.5 Å². The van der Waals surface area contributed by atoms with Crippen LogP contribution >= 0.6 is 0 Å². The molecule has 19 heavy (non-hydrogen) atoms. The molecule has 0 fully saturated rings. The van der Waals surface area contributed by atoms with Crippen LogP contribution in [0.15, 0.2) is 36.5 Å². The zero-order valence-corrected chi connectivity index (χ0v) is 10.7. The van der Waals surface area contributed by atoms with Gasteiger partial charge in [0.05, 0.1) is 25.9 Å². The van der Waals surface area contributed by atoms with Gasteiger partial charge in [-0.2, -0.15) is 5.26 Å². The number of nitriles is 1. The molecule has 1 N–H and O–H groups in total. The Bertz CT molecular complexity index is 598. The first-order chi connectivity index (χ1) is 9.25. The molecule has 5 heteroatoms. The highest BCUT2D eigenvalue weighted by Gasteiger charge is 2.03. The smallest absolute Gasteiger partial charge is 0.131 e. The van der Waals surface area contributed by atoms with Crippen molar-refractivity contribution in [2.45, 2.75) is 0 Å². The second-order valence-corrected chi connectivity index (χ2v) is 3.77. The first-order valence-corrected chi connectivity index (χ1v) is 5.61. The molecule has 0 amide bonds. The van der Waals surface area contributed by atoms with Crippen LogP contribution in [0.4, 0.5) is 11.5 Å². The van der Waals surface area contributed by atoms with Crippen molar-refractivity contribution < 1.29 is 9.47 Å². The van der Waals surface area contributed by atoms with E-state index in [0.29, 0.717) is 22.9 Å². The fourth-order valence-electron chi connectivity index (χ4n) is 1.60. The van der Waals surface area contributed by atoms with Crippen LogP contribution < -0.4 is 14.8 Å². The van der Waals surface area contributed by atoms with Crippen molar-refractivity contribution in [3.8, 4) is 17.6 Å². The summed E-state index contributed by atoms with van der Waals surface area (Å²) < 4.78 is 10.4. The van der Waals surface area contributed by atoms with E-state index in [2.05, 4.69) is 16.4 Å². The maximum absolute atomic E-state index is 8.85. The Morgan fingerprint density at radius 1 is 1.11 bits per heavy atom. The molecule has 2 aromatic rings. The summed E-state index contributed by atoms with van der Waals surface area (Å²) >= 11 is 0. The van der Waals surface area contributed by atoms with E-state index < -0.39 is 0 Å². The number of benzene rings is 1. The number of nitrogens with one attached hydrogen (secondary N) is 1. The summed E-state index contributed by atoms with van der Waals surface area (Å²) in [5.41, 5.74) is 1.33. The number of ether oxygens (including phenoxy) is 2. The lowest BCUT2D eigenvalue weighted by atomic mass is 10.2. The van der Waals surface area contributed by atoms with E-state index in [1.165, 1.54) is 0 Å². The molecular weight excluding hydrogens is 242 g/mol. The van der Waals surface area contributed by atoms with Crippen LogP contribution in [0.2, 0.25) is 0 Å². The van der Waals surface area contributed by atoms with Gasteiger partial charge < -0.3 is 14.8 Å². The number of pyridine rings is 1. The Morgan fingerprint density at radius 2 is 1.79 bits per heavy atom. The van der Waals surface area contributed by atoms with E-state index >= 15 is 0 Å². The number of anilines is 2. The first kappa shape index (κ1) is 12.7. The van der Waals surface area contributed by atoms with Crippen molar-refractivity contribution in [2.24, 2.45) is 0 Å². The second-order valence-electron chi connectivity index (χ2n) is 3.77. The third-order valence-electron chi connectivity index (χ3n) is 2.51. The van der Waals surface area contributed by atoms with Crippen molar-refractivity contribution in [2.75, 3.05) is 19.5 Å². The number of rotatable bonds is 4. The number of nitrogens with zero attached hydrogens (tertiary/aromatic N) is 2. The number of hydrogen-bond acceptors (Lipinski definition) is 5. The molecule has 96 valence electrons. The van der Waals surface area contributed by atoms with E-state index in [4.69, 9.17) is 14.7 Å². The lowest BCUT2D eigenvalue weighted by molar-refractivity contribution is 0.395. The highest BCUT2D eigenvalue weighted by molar-refractivity contribution is 5.62. The molecule has 1 aromatic carbocycles. The van der Waals surface area contributed by atoms with Crippen molar-refractivity contribution in [1.82, 2.24) is 4.98 Å². The van der Waals surface area contributed by atoms with Gasteiger partial charge in [0.1, 0.15) is 17.3 Å². The van der Waals surface area contributed by atoms with Gasteiger partial charge in [-0.3, -0.25) is 0 Å².